The number of rotatable bonds is 1. The van der Waals surface area contributed by atoms with Crippen LogP contribution in [0.4, 0.5) is 4.39 Å². The molecule has 0 spiro atoms. The summed E-state index contributed by atoms with van der Waals surface area (Å²) in [5.74, 6) is 0.0893. The fourth-order valence-electron chi connectivity index (χ4n) is 1.41. The smallest absolute Gasteiger partial charge is 0.133 e. The van der Waals surface area contributed by atoms with E-state index in [4.69, 9.17) is 0 Å². The highest BCUT2D eigenvalue weighted by Crippen LogP contribution is 2.35. The first-order valence-corrected chi connectivity index (χ1v) is 4.86. The maximum atomic E-state index is 13.0. The number of benzene rings is 1. The third kappa shape index (κ3) is 1.56. The van der Waals surface area contributed by atoms with Crippen molar-refractivity contribution < 1.29 is 9.50 Å². The molecule has 1 saturated heterocycles. The lowest BCUT2D eigenvalue weighted by atomic mass is 9.93. The summed E-state index contributed by atoms with van der Waals surface area (Å²) in [7, 11) is 0. The molecule has 1 aromatic rings. The molecule has 2 nitrogen and oxygen atoms in total. The maximum absolute atomic E-state index is 13.0. The lowest BCUT2D eigenvalue weighted by Gasteiger charge is -2.28. The normalized spacial score (nSPS) is 17.1. The van der Waals surface area contributed by atoms with Crippen LogP contribution >= 0.6 is 15.9 Å². The number of hydrogen-bond donors (Lipinski definition) is 2. The second kappa shape index (κ2) is 3.27. The first kappa shape index (κ1) is 8.97. The van der Waals surface area contributed by atoms with E-state index in [1.807, 2.05) is 0 Å². The zero-order chi connectivity index (χ0) is 9.42. The van der Waals surface area contributed by atoms with Crippen molar-refractivity contribution >= 4 is 15.9 Å². The fraction of sp³-hybridized carbons (Fsp3) is 0.333. The number of nitrogens with one attached hydrogen (secondary N) is 1. The van der Waals surface area contributed by atoms with Crippen LogP contribution in [0.15, 0.2) is 16.6 Å². The van der Waals surface area contributed by atoms with Gasteiger partial charge in [-0.05, 0) is 28.1 Å². The van der Waals surface area contributed by atoms with Crippen LogP contribution in [0.25, 0.3) is 0 Å². The molecule has 1 aliphatic rings. The van der Waals surface area contributed by atoms with Gasteiger partial charge < -0.3 is 10.4 Å². The number of halogens is 2. The summed E-state index contributed by atoms with van der Waals surface area (Å²) < 4.78 is 13.4. The van der Waals surface area contributed by atoms with E-state index < -0.39 is 0 Å². The van der Waals surface area contributed by atoms with Crippen molar-refractivity contribution in [3.05, 3.63) is 28.0 Å². The molecule has 1 aliphatic heterocycles. The minimum absolute atomic E-state index is 0.160. The van der Waals surface area contributed by atoms with Gasteiger partial charge in [-0.25, -0.2) is 4.39 Å². The van der Waals surface area contributed by atoms with Gasteiger partial charge in [0.1, 0.15) is 11.6 Å². The van der Waals surface area contributed by atoms with Crippen molar-refractivity contribution in [2.45, 2.75) is 5.92 Å². The lowest BCUT2D eigenvalue weighted by molar-refractivity contribution is 0.409. The van der Waals surface area contributed by atoms with Crippen molar-refractivity contribution in [2.75, 3.05) is 13.1 Å². The highest BCUT2D eigenvalue weighted by molar-refractivity contribution is 9.10. The van der Waals surface area contributed by atoms with Gasteiger partial charge in [-0.1, -0.05) is 0 Å². The van der Waals surface area contributed by atoms with Crippen LogP contribution < -0.4 is 5.32 Å². The second-order valence-electron chi connectivity index (χ2n) is 3.18. The zero-order valence-electron chi connectivity index (χ0n) is 6.85. The molecule has 1 aromatic carbocycles. The Morgan fingerprint density at radius 3 is 2.69 bits per heavy atom. The van der Waals surface area contributed by atoms with Gasteiger partial charge in [-0.15, -0.1) is 0 Å². The summed E-state index contributed by atoms with van der Waals surface area (Å²) in [5, 5.41) is 12.7. The molecule has 13 heavy (non-hydrogen) atoms. The van der Waals surface area contributed by atoms with Gasteiger partial charge in [0.05, 0.1) is 4.47 Å². The standard InChI is InChI=1S/C9H9BrFNO/c10-8-2-6(11)1-7(9(8)13)5-3-12-4-5/h1-2,5,12-13H,3-4H2. The molecular weight excluding hydrogens is 237 g/mol. The molecule has 0 saturated carbocycles. The van der Waals surface area contributed by atoms with E-state index in [1.54, 1.807) is 0 Å². The average molecular weight is 246 g/mol. The monoisotopic (exact) mass is 245 g/mol. The molecule has 4 heteroatoms. The third-order valence-electron chi connectivity index (χ3n) is 2.28. The number of phenols is 1. The molecule has 0 amide bonds. The SMILES string of the molecule is Oc1c(Br)cc(F)cc1C1CNC1. The molecule has 0 aliphatic carbocycles. The third-order valence-corrected chi connectivity index (χ3v) is 2.88. The van der Waals surface area contributed by atoms with Crippen LogP contribution in [0, 0.1) is 5.82 Å². The van der Waals surface area contributed by atoms with Gasteiger partial charge >= 0.3 is 0 Å². The molecule has 2 rings (SSSR count). The molecule has 70 valence electrons. The van der Waals surface area contributed by atoms with Crippen molar-refractivity contribution in [1.29, 1.82) is 0 Å². The molecule has 0 unspecified atom stereocenters. The lowest BCUT2D eigenvalue weighted by Crippen LogP contribution is -2.39. The number of phenolic OH excluding ortho intramolecular Hbond substituents is 1. The van der Waals surface area contributed by atoms with Crippen LogP contribution in [-0.2, 0) is 0 Å². The Balaban J connectivity index is 2.42. The molecular formula is C9H9BrFNO. The van der Waals surface area contributed by atoms with E-state index in [-0.39, 0.29) is 17.5 Å². The van der Waals surface area contributed by atoms with Crippen molar-refractivity contribution in [3.63, 3.8) is 0 Å². The Kier molecular flexibility index (Phi) is 2.26. The second-order valence-corrected chi connectivity index (χ2v) is 4.03. The number of aromatic hydroxyl groups is 1. The summed E-state index contributed by atoms with van der Waals surface area (Å²) in [6, 6.07) is 2.66. The van der Waals surface area contributed by atoms with Gasteiger partial charge in [0.25, 0.3) is 0 Å². The molecule has 0 atom stereocenters. The Hall–Kier alpha value is -0.610. The summed E-state index contributed by atoms with van der Waals surface area (Å²) in [5.41, 5.74) is 0.686. The fourth-order valence-corrected chi connectivity index (χ4v) is 1.85. The van der Waals surface area contributed by atoms with Crippen LogP contribution in [0.3, 0.4) is 0 Å². The van der Waals surface area contributed by atoms with Crippen molar-refractivity contribution in [1.82, 2.24) is 5.32 Å². The maximum Gasteiger partial charge on any atom is 0.133 e. The first-order valence-electron chi connectivity index (χ1n) is 4.07. The minimum atomic E-state index is -0.313. The summed E-state index contributed by atoms with van der Waals surface area (Å²) in [4.78, 5) is 0. The minimum Gasteiger partial charge on any atom is -0.506 e. The van der Waals surface area contributed by atoms with Crippen LogP contribution in [-0.4, -0.2) is 18.2 Å². The Labute approximate surface area is 83.9 Å². The van der Waals surface area contributed by atoms with E-state index in [9.17, 15) is 9.50 Å². The van der Waals surface area contributed by atoms with Crippen LogP contribution in [0.2, 0.25) is 0 Å². The largest absolute Gasteiger partial charge is 0.506 e. The van der Waals surface area contributed by atoms with Gasteiger partial charge in [0.15, 0.2) is 0 Å². The van der Waals surface area contributed by atoms with Crippen LogP contribution in [0.5, 0.6) is 5.75 Å². The Bertz CT molecular complexity index is 339. The van der Waals surface area contributed by atoms with E-state index >= 15 is 0 Å². The molecule has 1 fully saturated rings. The summed E-state index contributed by atoms with van der Waals surface area (Å²) in [6.45, 7) is 1.62. The molecule has 1 heterocycles. The average Bonchev–Trinajstić information content (AvgIpc) is 1.95. The number of hydrogen-bond acceptors (Lipinski definition) is 2. The highest BCUT2D eigenvalue weighted by Gasteiger charge is 2.23. The van der Waals surface area contributed by atoms with Gasteiger partial charge in [0, 0.05) is 24.6 Å². The molecule has 0 radical (unpaired) electrons. The summed E-state index contributed by atoms with van der Waals surface area (Å²) >= 11 is 3.11. The van der Waals surface area contributed by atoms with E-state index in [0.717, 1.165) is 13.1 Å². The topological polar surface area (TPSA) is 32.3 Å². The molecule has 2 N–H and O–H groups in total. The Morgan fingerprint density at radius 2 is 2.15 bits per heavy atom. The zero-order valence-corrected chi connectivity index (χ0v) is 8.44. The highest BCUT2D eigenvalue weighted by atomic mass is 79.9. The van der Waals surface area contributed by atoms with E-state index in [0.29, 0.717) is 10.0 Å². The van der Waals surface area contributed by atoms with Gasteiger partial charge in [0.2, 0.25) is 0 Å². The predicted octanol–water partition coefficient (Wildman–Crippen LogP) is 1.98. The van der Waals surface area contributed by atoms with Gasteiger partial charge in [-0.2, -0.15) is 0 Å². The quantitative estimate of drug-likeness (QED) is 0.794. The molecule has 0 bridgehead atoms. The Morgan fingerprint density at radius 1 is 1.46 bits per heavy atom. The van der Waals surface area contributed by atoms with Gasteiger partial charge in [-0.3, -0.25) is 0 Å². The predicted molar refractivity (Wildman–Crippen MR) is 51.4 cm³/mol. The summed E-state index contributed by atoms with van der Waals surface area (Å²) in [6.07, 6.45) is 0. The van der Waals surface area contributed by atoms with Crippen LogP contribution in [0.1, 0.15) is 11.5 Å². The van der Waals surface area contributed by atoms with E-state index in [2.05, 4.69) is 21.2 Å². The molecule has 0 aromatic heterocycles. The van der Waals surface area contributed by atoms with Crippen molar-refractivity contribution in [3.8, 4) is 5.75 Å². The van der Waals surface area contributed by atoms with Crippen molar-refractivity contribution in [2.24, 2.45) is 0 Å². The first-order chi connectivity index (χ1) is 6.18. The van der Waals surface area contributed by atoms with E-state index in [1.165, 1.54) is 12.1 Å².